The van der Waals surface area contributed by atoms with Gasteiger partial charge in [-0.1, -0.05) is 0 Å². The number of hydrogen-bond acceptors (Lipinski definition) is 3. The lowest BCUT2D eigenvalue weighted by Gasteiger charge is -2.34. The van der Waals surface area contributed by atoms with Crippen molar-refractivity contribution >= 4 is 8.80 Å². The Bertz CT molecular complexity index is 552. The first kappa shape index (κ1) is 22.0. The fourth-order valence-electron chi connectivity index (χ4n) is 2.31. The van der Waals surface area contributed by atoms with Crippen molar-refractivity contribution in [3.8, 4) is 0 Å². The molecule has 0 amide bonds. The van der Waals surface area contributed by atoms with Gasteiger partial charge in [-0.05, 0) is 41.5 Å². The van der Waals surface area contributed by atoms with Crippen LogP contribution in [0.4, 0.5) is 22.0 Å². The summed E-state index contributed by atoms with van der Waals surface area (Å²) in [5, 5.41) is 0. The summed E-state index contributed by atoms with van der Waals surface area (Å²) in [5.74, 6) is -10.0. The number of benzene rings is 1. The van der Waals surface area contributed by atoms with Crippen molar-refractivity contribution in [2.24, 2.45) is 0 Å². The molecule has 0 aliphatic heterocycles. The second-order valence-electron chi connectivity index (χ2n) is 6.41. The molecule has 1 aromatic rings. The summed E-state index contributed by atoms with van der Waals surface area (Å²) >= 11 is 0. The largest absolute Gasteiger partial charge is 0.506 e. The quantitative estimate of drug-likeness (QED) is 0.281. The molecule has 0 bridgehead atoms. The maximum atomic E-state index is 14.1. The monoisotopic (exact) mass is 386 g/mol. The first-order valence-corrected chi connectivity index (χ1v) is 9.87. The van der Waals surface area contributed by atoms with Gasteiger partial charge in [-0.15, -0.1) is 0 Å². The molecule has 9 heteroatoms. The molecule has 25 heavy (non-hydrogen) atoms. The second-order valence-corrected chi connectivity index (χ2v) is 8.83. The SMILES string of the molecule is CC(C)O[Si](Cc1c(F)c(F)c(F)c(F)c1F)(OC(C)C)OC(C)C. The van der Waals surface area contributed by atoms with Gasteiger partial charge in [-0.3, -0.25) is 0 Å². The summed E-state index contributed by atoms with van der Waals surface area (Å²) < 4.78 is 85.5. The summed E-state index contributed by atoms with van der Waals surface area (Å²) in [4.78, 5) is 0. The second kappa shape index (κ2) is 8.57. The molecule has 0 heterocycles. The van der Waals surface area contributed by atoms with Crippen molar-refractivity contribution < 1.29 is 35.2 Å². The number of rotatable bonds is 8. The van der Waals surface area contributed by atoms with E-state index in [1.807, 2.05) is 0 Å². The molecule has 1 aromatic carbocycles. The van der Waals surface area contributed by atoms with E-state index < -0.39 is 67.8 Å². The molecule has 1 rings (SSSR count). The zero-order valence-electron chi connectivity index (χ0n) is 15.1. The van der Waals surface area contributed by atoms with Crippen LogP contribution in [-0.4, -0.2) is 27.1 Å². The van der Waals surface area contributed by atoms with Crippen LogP contribution in [0.2, 0.25) is 0 Å². The fourth-order valence-corrected chi connectivity index (χ4v) is 5.62. The van der Waals surface area contributed by atoms with Crippen molar-refractivity contribution in [2.75, 3.05) is 0 Å². The van der Waals surface area contributed by atoms with Gasteiger partial charge < -0.3 is 13.3 Å². The average molecular weight is 386 g/mol. The van der Waals surface area contributed by atoms with Crippen molar-refractivity contribution in [2.45, 2.75) is 65.9 Å². The van der Waals surface area contributed by atoms with Crippen LogP contribution in [0.3, 0.4) is 0 Å². The fraction of sp³-hybridized carbons (Fsp3) is 0.625. The van der Waals surface area contributed by atoms with Crippen molar-refractivity contribution in [3.63, 3.8) is 0 Å². The molecular formula is C16H23F5O3Si. The predicted octanol–water partition coefficient (Wildman–Crippen LogP) is 4.68. The molecule has 144 valence electrons. The maximum absolute atomic E-state index is 14.1. The minimum atomic E-state index is -3.79. The van der Waals surface area contributed by atoms with Gasteiger partial charge in [0.15, 0.2) is 23.3 Å². The highest BCUT2D eigenvalue weighted by Crippen LogP contribution is 2.29. The van der Waals surface area contributed by atoms with E-state index in [-0.39, 0.29) is 0 Å². The zero-order chi connectivity index (χ0) is 19.5. The van der Waals surface area contributed by atoms with Gasteiger partial charge in [0.1, 0.15) is 0 Å². The minimum absolute atomic E-state index is 0.439. The lowest BCUT2D eigenvalue weighted by Crippen LogP contribution is -2.53. The van der Waals surface area contributed by atoms with E-state index in [0.717, 1.165) is 0 Å². The highest BCUT2D eigenvalue weighted by atomic mass is 28.4. The Morgan fingerprint density at radius 1 is 0.600 bits per heavy atom. The molecule has 3 nitrogen and oxygen atoms in total. The summed E-state index contributed by atoms with van der Waals surface area (Å²) in [7, 11) is -3.79. The van der Waals surface area contributed by atoms with Crippen LogP contribution in [0, 0.1) is 29.1 Å². The van der Waals surface area contributed by atoms with E-state index in [1.165, 1.54) is 0 Å². The average Bonchev–Trinajstić information content (AvgIpc) is 2.45. The van der Waals surface area contributed by atoms with Crippen LogP contribution in [0.1, 0.15) is 47.1 Å². The molecule has 0 fully saturated rings. The zero-order valence-corrected chi connectivity index (χ0v) is 16.1. The van der Waals surface area contributed by atoms with Crippen molar-refractivity contribution in [1.29, 1.82) is 0 Å². The first-order chi connectivity index (χ1) is 11.4. The molecule has 0 aliphatic rings. The Hall–Kier alpha value is -1.03. The summed E-state index contributed by atoms with van der Waals surface area (Å²) in [5.41, 5.74) is -0.995. The van der Waals surface area contributed by atoms with Crippen LogP contribution >= 0.6 is 0 Å². The summed E-state index contributed by atoms with van der Waals surface area (Å²) in [6.07, 6.45) is -1.32. The molecule has 0 saturated carbocycles. The van der Waals surface area contributed by atoms with Crippen molar-refractivity contribution in [1.82, 2.24) is 0 Å². The van der Waals surface area contributed by atoms with Crippen molar-refractivity contribution in [3.05, 3.63) is 34.6 Å². The van der Waals surface area contributed by atoms with E-state index >= 15 is 0 Å². The van der Waals surface area contributed by atoms with Crippen LogP contribution in [0.5, 0.6) is 0 Å². The third-order valence-corrected chi connectivity index (χ3v) is 6.22. The topological polar surface area (TPSA) is 27.7 Å². The van der Waals surface area contributed by atoms with Gasteiger partial charge in [0.25, 0.3) is 0 Å². The molecule has 0 radical (unpaired) electrons. The highest BCUT2D eigenvalue weighted by Gasteiger charge is 2.47. The van der Waals surface area contributed by atoms with Crippen LogP contribution in [-0.2, 0) is 19.3 Å². The van der Waals surface area contributed by atoms with Crippen LogP contribution in [0.15, 0.2) is 0 Å². The molecule has 0 saturated heterocycles. The molecule has 0 atom stereocenters. The third kappa shape index (κ3) is 5.47. The van der Waals surface area contributed by atoms with Crippen LogP contribution in [0.25, 0.3) is 0 Å². The Morgan fingerprint density at radius 2 is 0.880 bits per heavy atom. The predicted molar refractivity (Wildman–Crippen MR) is 84.4 cm³/mol. The molecular weight excluding hydrogens is 363 g/mol. The third-order valence-electron chi connectivity index (χ3n) is 2.94. The Labute approximate surface area is 145 Å². The molecule has 0 N–H and O–H groups in total. The van der Waals surface area contributed by atoms with Gasteiger partial charge >= 0.3 is 8.80 Å². The molecule has 0 aliphatic carbocycles. The Kier molecular flexibility index (Phi) is 7.54. The van der Waals surface area contributed by atoms with E-state index in [4.69, 9.17) is 13.3 Å². The molecule has 0 unspecified atom stereocenters. The normalized spacial score (nSPS) is 12.7. The Morgan fingerprint density at radius 3 is 1.16 bits per heavy atom. The minimum Gasteiger partial charge on any atom is -0.371 e. The standard InChI is InChI=1S/C16H23F5O3Si/c1-8(2)22-25(23-9(3)4,24-10(5)6)7-11-12(17)14(19)16(21)15(20)13(11)18/h8-10H,7H2,1-6H3. The van der Waals surface area contributed by atoms with Gasteiger partial charge in [-0.25, -0.2) is 22.0 Å². The van der Waals surface area contributed by atoms with Gasteiger partial charge in [-0.2, -0.15) is 0 Å². The van der Waals surface area contributed by atoms with Gasteiger partial charge in [0, 0.05) is 29.9 Å². The highest BCUT2D eigenvalue weighted by molar-refractivity contribution is 6.60. The number of halogens is 5. The summed E-state index contributed by atoms with van der Waals surface area (Å²) in [6, 6.07) is -0.673. The Balaban J connectivity index is 3.47. The van der Waals surface area contributed by atoms with E-state index in [1.54, 1.807) is 41.5 Å². The van der Waals surface area contributed by atoms with E-state index in [9.17, 15) is 22.0 Å². The van der Waals surface area contributed by atoms with E-state index in [2.05, 4.69) is 0 Å². The van der Waals surface area contributed by atoms with Crippen LogP contribution < -0.4 is 0 Å². The van der Waals surface area contributed by atoms with Gasteiger partial charge in [0.2, 0.25) is 5.82 Å². The lowest BCUT2D eigenvalue weighted by atomic mass is 10.2. The molecule has 0 aromatic heterocycles. The van der Waals surface area contributed by atoms with Gasteiger partial charge in [0.05, 0.1) is 0 Å². The van der Waals surface area contributed by atoms with E-state index in [0.29, 0.717) is 0 Å². The lowest BCUT2D eigenvalue weighted by molar-refractivity contribution is 0.00188. The maximum Gasteiger partial charge on any atom is 0.506 e. The number of hydrogen-bond donors (Lipinski definition) is 0. The smallest absolute Gasteiger partial charge is 0.371 e. The molecule has 0 spiro atoms. The summed E-state index contributed by atoms with van der Waals surface area (Å²) in [6.45, 7) is 9.96. The first-order valence-electron chi connectivity index (χ1n) is 7.94.